The van der Waals surface area contributed by atoms with E-state index in [1.807, 2.05) is 0 Å². The zero-order chi connectivity index (χ0) is 13.0. The molecule has 1 heterocycles. The molecule has 1 saturated heterocycles. The number of hydrogen-bond acceptors (Lipinski definition) is 3. The third kappa shape index (κ3) is 3.69. The van der Waals surface area contributed by atoms with Crippen LogP contribution in [0.3, 0.4) is 0 Å². The van der Waals surface area contributed by atoms with Gasteiger partial charge in [-0.2, -0.15) is 0 Å². The van der Waals surface area contributed by atoms with Crippen LogP contribution < -0.4 is 5.32 Å². The molecular formula is C15H31N3. The van der Waals surface area contributed by atoms with Gasteiger partial charge in [0.05, 0.1) is 0 Å². The van der Waals surface area contributed by atoms with Gasteiger partial charge >= 0.3 is 0 Å². The first-order valence-corrected chi connectivity index (χ1v) is 7.74. The molecular weight excluding hydrogens is 222 g/mol. The summed E-state index contributed by atoms with van der Waals surface area (Å²) >= 11 is 0. The van der Waals surface area contributed by atoms with Gasteiger partial charge in [-0.3, -0.25) is 0 Å². The minimum absolute atomic E-state index is 0.745. The average Bonchev–Trinajstić information content (AvgIpc) is 2.99. The molecule has 2 aliphatic rings. The minimum Gasteiger partial charge on any atom is -0.317 e. The summed E-state index contributed by atoms with van der Waals surface area (Å²) in [5.74, 6) is 0.994. The van der Waals surface area contributed by atoms with Crippen LogP contribution in [-0.2, 0) is 0 Å². The second kappa shape index (κ2) is 6.36. The molecule has 1 atom stereocenters. The molecule has 0 aromatic heterocycles. The van der Waals surface area contributed by atoms with Gasteiger partial charge in [-0.05, 0) is 70.7 Å². The van der Waals surface area contributed by atoms with Crippen LogP contribution in [-0.4, -0.2) is 63.2 Å². The lowest BCUT2D eigenvalue weighted by Crippen LogP contribution is -2.36. The van der Waals surface area contributed by atoms with Crippen molar-refractivity contribution in [1.82, 2.24) is 15.1 Å². The van der Waals surface area contributed by atoms with Gasteiger partial charge < -0.3 is 15.1 Å². The Morgan fingerprint density at radius 3 is 2.44 bits per heavy atom. The van der Waals surface area contributed by atoms with Crippen molar-refractivity contribution < 1.29 is 0 Å². The van der Waals surface area contributed by atoms with Crippen molar-refractivity contribution in [3.63, 3.8) is 0 Å². The molecule has 1 saturated carbocycles. The number of piperidine rings is 1. The first-order chi connectivity index (χ1) is 8.66. The van der Waals surface area contributed by atoms with Crippen molar-refractivity contribution in [1.29, 1.82) is 0 Å². The third-order valence-electron chi connectivity index (χ3n) is 4.84. The van der Waals surface area contributed by atoms with Crippen molar-refractivity contribution in [3.8, 4) is 0 Å². The van der Waals surface area contributed by atoms with Crippen molar-refractivity contribution in [3.05, 3.63) is 0 Å². The monoisotopic (exact) mass is 253 g/mol. The van der Waals surface area contributed by atoms with E-state index in [0.29, 0.717) is 0 Å². The predicted molar refractivity (Wildman–Crippen MR) is 77.9 cm³/mol. The van der Waals surface area contributed by atoms with Gasteiger partial charge in [-0.25, -0.2) is 0 Å². The van der Waals surface area contributed by atoms with Crippen LogP contribution in [0.15, 0.2) is 0 Å². The minimum atomic E-state index is 0.745. The van der Waals surface area contributed by atoms with Crippen LogP contribution in [0.5, 0.6) is 0 Å². The Bertz CT molecular complexity index is 246. The second-order valence-electron chi connectivity index (χ2n) is 6.62. The van der Waals surface area contributed by atoms with Crippen molar-refractivity contribution in [2.75, 3.05) is 53.4 Å². The molecule has 0 radical (unpaired) electrons. The van der Waals surface area contributed by atoms with Gasteiger partial charge in [0.15, 0.2) is 0 Å². The summed E-state index contributed by atoms with van der Waals surface area (Å²) in [5, 5.41) is 3.50. The Balaban J connectivity index is 1.75. The Morgan fingerprint density at radius 1 is 1.11 bits per heavy atom. The topological polar surface area (TPSA) is 18.5 Å². The Kier molecular flexibility index (Phi) is 5.05. The van der Waals surface area contributed by atoms with Gasteiger partial charge in [0.2, 0.25) is 0 Å². The fourth-order valence-corrected chi connectivity index (χ4v) is 3.49. The van der Waals surface area contributed by atoms with Crippen LogP contribution in [0.1, 0.15) is 32.6 Å². The van der Waals surface area contributed by atoms with E-state index in [4.69, 9.17) is 0 Å². The van der Waals surface area contributed by atoms with Crippen LogP contribution >= 0.6 is 0 Å². The molecule has 106 valence electrons. The van der Waals surface area contributed by atoms with E-state index in [9.17, 15) is 0 Å². The van der Waals surface area contributed by atoms with E-state index in [1.165, 1.54) is 65.0 Å². The van der Waals surface area contributed by atoms with Crippen LogP contribution in [0.4, 0.5) is 0 Å². The lowest BCUT2D eigenvalue weighted by Gasteiger charge is -2.27. The highest BCUT2D eigenvalue weighted by atomic mass is 15.2. The Hall–Kier alpha value is -0.120. The number of nitrogens with zero attached hydrogens (tertiary/aromatic N) is 2. The molecule has 0 amide bonds. The molecule has 0 aromatic carbocycles. The summed E-state index contributed by atoms with van der Waals surface area (Å²) in [7, 11) is 4.35. The molecule has 18 heavy (non-hydrogen) atoms. The zero-order valence-electron chi connectivity index (χ0n) is 12.5. The lowest BCUT2D eigenvalue weighted by molar-refractivity contribution is 0.210. The van der Waals surface area contributed by atoms with Crippen LogP contribution in [0, 0.1) is 11.3 Å². The van der Waals surface area contributed by atoms with E-state index in [2.05, 4.69) is 36.1 Å². The number of hydrogen-bond donors (Lipinski definition) is 1. The quantitative estimate of drug-likeness (QED) is 0.744. The Labute approximate surface area is 113 Å². The first kappa shape index (κ1) is 14.3. The standard InChI is InChI=1S/C15H31N3/c1-4-9-18(11-10-17(2)3)13-14-12-15(14)5-7-16-8-6-15/h14,16H,4-13H2,1-3H3. The summed E-state index contributed by atoms with van der Waals surface area (Å²) in [5.41, 5.74) is 0.745. The molecule has 0 bridgehead atoms. The number of rotatable bonds is 7. The average molecular weight is 253 g/mol. The van der Waals surface area contributed by atoms with E-state index < -0.39 is 0 Å². The van der Waals surface area contributed by atoms with Gasteiger partial charge in [-0.1, -0.05) is 6.92 Å². The molecule has 1 aliphatic carbocycles. The van der Waals surface area contributed by atoms with Gasteiger partial charge in [-0.15, -0.1) is 0 Å². The summed E-state index contributed by atoms with van der Waals surface area (Å²) < 4.78 is 0. The molecule has 1 aliphatic heterocycles. The summed E-state index contributed by atoms with van der Waals surface area (Å²) in [6.45, 7) is 9.87. The van der Waals surface area contributed by atoms with Gasteiger partial charge in [0.1, 0.15) is 0 Å². The van der Waals surface area contributed by atoms with E-state index in [1.54, 1.807) is 0 Å². The van der Waals surface area contributed by atoms with Gasteiger partial charge in [0, 0.05) is 19.6 Å². The zero-order valence-corrected chi connectivity index (χ0v) is 12.5. The smallest absolute Gasteiger partial charge is 0.0109 e. The highest BCUT2D eigenvalue weighted by Crippen LogP contribution is 2.58. The van der Waals surface area contributed by atoms with Crippen molar-refractivity contribution in [2.45, 2.75) is 32.6 Å². The number of likely N-dealkylation sites (N-methyl/N-ethyl adjacent to an activating group) is 1. The molecule has 2 rings (SSSR count). The van der Waals surface area contributed by atoms with Crippen molar-refractivity contribution >= 4 is 0 Å². The fraction of sp³-hybridized carbons (Fsp3) is 1.00. The van der Waals surface area contributed by atoms with Crippen LogP contribution in [0.2, 0.25) is 0 Å². The van der Waals surface area contributed by atoms with Gasteiger partial charge in [0.25, 0.3) is 0 Å². The normalized spacial score (nSPS) is 26.2. The van der Waals surface area contributed by atoms with E-state index in [0.717, 1.165) is 11.3 Å². The van der Waals surface area contributed by atoms with E-state index >= 15 is 0 Å². The molecule has 0 aromatic rings. The van der Waals surface area contributed by atoms with Crippen LogP contribution in [0.25, 0.3) is 0 Å². The summed E-state index contributed by atoms with van der Waals surface area (Å²) in [6.07, 6.45) is 5.63. The largest absolute Gasteiger partial charge is 0.317 e. The summed E-state index contributed by atoms with van der Waals surface area (Å²) in [4.78, 5) is 5.00. The summed E-state index contributed by atoms with van der Waals surface area (Å²) in [6, 6.07) is 0. The maximum absolute atomic E-state index is 3.50. The SMILES string of the molecule is CCCN(CCN(C)C)CC1CC12CCNCC2. The highest BCUT2D eigenvalue weighted by molar-refractivity contribution is 5.05. The molecule has 1 spiro atoms. The predicted octanol–water partition coefficient (Wildman–Crippen LogP) is 1.65. The number of nitrogens with one attached hydrogen (secondary N) is 1. The Morgan fingerprint density at radius 2 is 1.83 bits per heavy atom. The maximum atomic E-state index is 3.50. The molecule has 1 N–H and O–H groups in total. The maximum Gasteiger partial charge on any atom is 0.0109 e. The molecule has 3 nitrogen and oxygen atoms in total. The fourth-order valence-electron chi connectivity index (χ4n) is 3.49. The molecule has 2 fully saturated rings. The highest BCUT2D eigenvalue weighted by Gasteiger charge is 2.53. The molecule has 1 unspecified atom stereocenters. The first-order valence-electron chi connectivity index (χ1n) is 7.74. The van der Waals surface area contributed by atoms with E-state index in [-0.39, 0.29) is 0 Å². The third-order valence-corrected chi connectivity index (χ3v) is 4.84. The molecule has 3 heteroatoms. The second-order valence-corrected chi connectivity index (χ2v) is 6.62. The lowest BCUT2D eigenvalue weighted by atomic mass is 9.92. The van der Waals surface area contributed by atoms with Crippen molar-refractivity contribution in [2.24, 2.45) is 11.3 Å².